The Labute approximate surface area is 94.8 Å². The van der Waals surface area contributed by atoms with Crippen LogP contribution in [0.3, 0.4) is 0 Å². The van der Waals surface area contributed by atoms with Crippen LogP contribution >= 0.6 is 0 Å². The van der Waals surface area contributed by atoms with Crippen LogP contribution in [-0.4, -0.2) is 0 Å². The lowest BCUT2D eigenvalue weighted by Crippen LogP contribution is -2.38. The van der Waals surface area contributed by atoms with Crippen molar-refractivity contribution in [2.75, 3.05) is 0 Å². The van der Waals surface area contributed by atoms with Crippen molar-refractivity contribution in [3.8, 4) is 0 Å². The van der Waals surface area contributed by atoms with Crippen molar-refractivity contribution in [2.24, 2.45) is 11.3 Å². The number of rotatable bonds is 2. The summed E-state index contributed by atoms with van der Waals surface area (Å²) in [5.41, 5.74) is 2.54. The zero-order valence-corrected chi connectivity index (χ0v) is 10.1. The van der Waals surface area contributed by atoms with Gasteiger partial charge in [0.25, 0.3) is 0 Å². The van der Waals surface area contributed by atoms with E-state index < -0.39 is 17.7 Å². The Balaban J connectivity index is 3.36. The number of aryl methyl sites for hydroxylation is 1. The van der Waals surface area contributed by atoms with Gasteiger partial charge >= 0.3 is 0 Å². The van der Waals surface area contributed by atoms with Crippen molar-refractivity contribution in [3.63, 3.8) is 0 Å². The Bertz CT molecular complexity index is 383. The van der Waals surface area contributed by atoms with Gasteiger partial charge in [-0.1, -0.05) is 26.8 Å². The lowest BCUT2D eigenvalue weighted by molar-refractivity contribution is 0.261. The van der Waals surface area contributed by atoms with Crippen molar-refractivity contribution < 1.29 is 8.78 Å². The molecule has 0 heterocycles. The molecule has 3 N–H and O–H groups in total. The summed E-state index contributed by atoms with van der Waals surface area (Å²) >= 11 is 0. The number of nitrogens with one attached hydrogen (secondary N) is 1. The largest absolute Gasteiger partial charge is 0.271 e. The molecule has 2 nitrogen and oxygen atoms in total. The van der Waals surface area contributed by atoms with Crippen LogP contribution in [0.2, 0.25) is 0 Å². The summed E-state index contributed by atoms with van der Waals surface area (Å²) in [4.78, 5) is 0. The van der Waals surface area contributed by atoms with Crippen molar-refractivity contribution >= 4 is 0 Å². The van der Waals surface area contributed by atoms with Gasteiger partial charge in [0.05, 0.1) is 6.04 Å². The number of hydrogen-bond acceptors (Lipinski definition) is 2. The number of hydrazine groups is 1. The first-order valence-corrected chi connectivity index (χ1v) is 5.19. The Hall–Kier alpha value is -1.00. The van der Waals surface area contributed by atoms with E-state index in [1.165, 1.54) is 12.1 Å². The zero-order valence-electron chi connectivity index (χ0n) is 10.1. The van der Waals surface area contributed by atoms with E-state index in [1.54, 1.807) is 6.92 Å². The maximum Gasteiger partial charge on any atom is 0.133 e. The summed E-state index contributed by atoms with van der Waals surface area (Å²) in [6, 6.07) is 2.13. The molecule has 4 heteroatoms. The van der Waals surface area contributed by atoms with Gasteiger partial charge < -0.3 is 0 Å². The van der Waals surface area contributed by atoms with E-state index in [4.69, 9.17) is 5.84 Å². The molecule has 0 bridgehead atoms. The van der Waals surface area contributed by atoms with E-state index in [-0.39, 0.29) is 11.0 Å². The van der Waals surface area contributed by atoms with Gasteiger partial charge in [0.15, 0.2) is 0 Å². The Morgan fingerprint density at radius 3 is 2.25 bits per heavy atom. The lowest BCUT2D eigenvalue weighted by Gasteiger charge is -2.31. The Kier molecular flexibility index (Phi) is 3.65. The van der Waals surface area contributed by atoms with Gasteiger partial charge in [-0.2, -0.15) is 0 Å². The Morgan fingerprint density at radius 1 is 1.25 bits per heavy atom. The highest BCUT2D eigenvalue weighted by molar-refractivity contribution is 5.30. The lowest BCUT2D eigenvalue weighted by atomic mass is 9.82. The first-order valence-electron chi connectivity index (χ1n) is 5.19. The monoisotopic (exact) mass is 228 g/mol. The average Bonchev–Trinajstić information content (AvgIpc) is 2.16. The molecule has 0 aromatic heterocycles. The predicted molar refractivity (Wildman–Crippen MR) is 60.6 cm³/mol. The van der Waals surface area contributed by atoms with Gasteiger partial charge in [-0.05, 0) is 24.0 Å². The molecule has 0 fully saturated rings. The molecule has 1 unspecified atom stereocenters. The minimum absolute atomic E-state index is 0.00926. The van der Waals surface area contributed by atoms with Crippen molar-refractivity contribution in [2.45, 2.75) is 33.7 Å². The first kappa shape index (κ1) is 13.1. The zero-order chi connectivity index (χ0) is 12.5. The molecule has 1 atom stereocenters. The molecule has 16 heavy (non-hydrogen) atoms. The topological polar surface area (TPSA) is 38.0 Å². The van der Waals surface area contributed by atoms with Gasteiger partial charge in [-0.15, -0.1) is 0 Å². The SMILES string of the molecule is Cc1ccc(F)c(C(NN)C(C)(C)C)c1F. The van der Waals surface area contributed by atoms with Crippen LogP contribution in [0.1, 0.15) is 37.9 Å². The predicted octanol–water partition coefficient (Wildman–Crippen LogP) is 2.82. The molecule has 1 rings (SSSR count). The van der Waals surface area contributed by atoms with E-state index in [9.17, 15) is 8.78 Å². The summed E-state index contributed by atoms with van der Waals surface area (Å²) in [5, 5.41) is 0. The number of hydrogen-bond donors (Lipinski definition) is 2. The number of halogens is 2. The third-order valence-electron chi connectivity index (χ3n) is 2.64. The summed E-state index contributed by atoms with van der Waals surface area (Å²) in [6.45, 7) is 7.23. The second-order valence-electron chi connectivity index (χ2n) is 5.06. The molecule has 0 saturated heterocycles. The summed E-state index contributed by atoms with van der Waals surface area (Å²) in [6.07, 6.45) is 0. The van der Waals surface area contributed by atoms with Crippen molar-refractivity contribution in [3.05, 3.63) is 34.9 Å². The molecule has 0 aliphatic carbocycles. The van der Waals surface area contributed by atoms with Gasteiger partial charge in [-0.25, -0.2) is 8.78 Å². The first-order chi connectivity index (χ1) is 7.29. The highest BCUT2D eigenvalue weighted by Crippen LogP contribution is 2.35. The van der Waals surface area contributed by atoms with E-state index in [0.717, 1.165) is 0 Å². The summed E-state index contributed by atoms with van der Waals surface area (Å²) in [5.74, 6) is 4.30. The molecule has 1 aromatic rings. The number of benzene rings is 1. The molecule has 1 aromatic carbocycles. The maximum absolute atomic E-state index is 13.9. The van der Waals surface area contributed by atoms with Gasteiger partial charge in [0.2, 0.25) is 0 Å². The minimum atomic E-state index is -0.569. The number of nitrogens with two attached hydrogens (primary N) is 1. The molecule has 0 amide bonds. The average molecular weight is 228 g/mol. The van der Waals surface area contributed by atoms with E-state index in [1.807, 2.05) is 20.8 Å². The molecule has 90 valence electrons. The van der Waals surface area contributed by atoms with Crippen LogP contribution in [-0.2, 0) is 0 Å². The highest BCUT2D eigenvalue weighted by Gasteiger charge is 2.30. The quantitative estimate of drug-likeness (QED) is 0.603. The maximum atomic E-state index is 13.9. The van der Waals surface area contributed by atoms with Gasteiger partial charge in [0.1, 0.15) is 11.6 Å². The molecular formula is C12H18F2N2. The molecule has 0 aliphatic heterocycles. The standard InChI is InChI=1S/C12H18F2N2/c1-7-5-6-8(13)9(10(7)14)11(16-15)12(2,3)4/h5-6,11,16H,15H2,1-4H3. The minimum Gasteiger partial charge on any atom is -0.271 e. The fraction of sp³-hybridized carbons (Fsp3) is 0.500. The van der Waals surface area contributed by atoms with Crippen LogP contribution in [0.5, 0.6) is 0 Å². The molecule has 0 aliphatic rings. The van der Waals surface area contributed by atoms with E-state index >= 15 is 0 Å². The fourth-order valence-electron chi connectivity index (χ4n) is 1.71. The van der Waals surface area contributed by atoms with Crippen LogP contribution in [0.15, 0.2) is 12.1 Å². The fourth-order valence-corrected chi connectivity index (χ4v) is 1.71. The van der Waals surface area contributed by atoms with Gasteiger partial charge in [0, 0.05) is 5.56 Å². The third kappa shape index (κ3) is 2.39. The molecular weight excluding hydrogens is 210 g/mol. The second kappa shape index (κ2) is 4.47. The van der Waals surface area contributed by atoms with Crippen LogP contribution in [0.25, 0.3) is 0 Å². The second-order valence-corrected chi connectivity index (χ2v) is 5.06. The van der Waals surface area contributed by atoms with Crippen LogP contribution in [0.4, 0.5) is 8.78 Å². The summed E-state index contributed by atoms with van der Waals surface area (Å²) < 4.78 is 27.6. The third-order valence-corrected chi connectivity index (χ3v) is 2.64. The highest BCUT2D eigenvalue weighted by atomic mass is 19.1. The van der Waals surface area contributed by atoms with Crippen LogP contribution in [0, 0.1) is 24.0 Å². The van der Waals surface area contributed by atoms with Gasteiger partial charge in [-0.3, -0.25) is 11.3 Å². The molecule has 0 saturated carbocycles. The van der Waals surface area contributed by atoms with Crippen LogP contribution < -0.4 is 11.3 Å². The summed E-state index contributed by atoms with van der Waals surface area (Å²) in [7, 11) is 0. The molecule has 0 spiro atoms. The molecule has 0 radical (unpaired) electrons. The van der Waals surface area contributed by atoms with Crippen molar-refractivity contribution in [1.82, 2.24) is 5.43 Å². The normalized spacial score (nSPS) is 13.9. The van der Waals surface area contributed by atoms with E-state index in [2.05, 4.69) is 5.43 Å². The van der Waals surface area contributed by atoms with E-state index in [0.29, 0.717) is 5.56 Å². The van der Waals surface area contributed by atoms with Crippen molar-refractivity contribution in [1.29, 1.82) is 0 Å². The Morgan fingerprint density at radius 2 is 1.81 bits per heavy atom. The smallest absolute Gasteiger partial charge is 0.133 e.